The van der Waals surface area contributed by atoms with Crippen LogP contribution < -0.4 is 62.5 Å². The van der Waals surface area contributed by atoms with Crippen molar-refractivity contribution in [1.82, 2.24) is 0 Å². The summed E-state index contributed by atoms with van der Waals surface area (Å²) in [7, 11) is 0. The van der Waals surface area contributed by atoms with Crippen molar-refractivity contribution in [2.45, 2.75) is 230 Å². The molecule has 0 rings (SSSR count). The first-order valence-electron chi connectivity index (χ1n) is 30.1. The summed E-state index contributed by atoms with van der Waals surface area (Å²) in [5.74, 6) is -18.0. The molecule has 0 amide bonds. The fourth-order valence-electron chi connectivity index (χ4n) is 7.81. The molecule has 0 aromatic rings. The molecule has 38 heteroatoms. The largest absolute Gasteiger partial charge is 0.542 e. The van der Waals surface area contributed by atoms with E-state index in [1.54, 1.807) is 9.80 Å². The summed E-state index contributed by atoms with van der Waals surface area (Å²) in [5, 5.41) is 76.2. The predicted octanol–water partition coefficient (Wildman–Crippen LogP) is -2.94. The van der Waals surface area contributed by atoms with E-state index >= 15 is 0 Å². The Hall–Kier alpha value is -4.76. The second-order valence-electron chi connectivity index (χ2n) is 20.7. The number of carboxylic acid groups (broad SMARTS) is 6. The molecule has 14 N–H and O–H groups in total. The van der Waals surface area contributed by atoms with Gasteiger partial charge in [0.15, 0.2) is 12.1 Å². The van der Waals surface area contributed by atoms with Gasteiger partial charge in [-0.1, -0.05) is 142 Å². The lowest BCUT2D eigenvalue weighted by atomic mass is 10.1. The molecule has 0 aromatic carbocycles. The Morgan fingerprint density at radius 2 is 0.467 bits per heavy atom. The predicted molar refractivity (Wildman–Crippen MR) is 280 cm³/mol. The number of nitrogens with one attached hydrogen (secondary N) is 2. The number of carbonyl (C=O) groups is 6. The number of aliphatic carboxylic acids is 6. The molecule has 4 unspecified atom stereocenters. The van der Waals surface area contributed by atoms with E-state index in [4.69, 9.17) is 59.4 Å². The van der Waals surface area contributed by atoms with Crippen molar-refractivity contribution in [2.75, 3.05) is 78.7 Å². The first kappa shape index (κ1) is 101. The maximum Gasteiger partial charge on any atom is 0.430 e. The molecule has 0 saturated carbocycles. The zero-order chi connectivity index (χ0) is 73.1. The van der Waals surface area contributed by atoms with Crippen molar-refractivity contribution in [3.8, 4) is 0 Å². The average molecular weight is 1400 g/mol. The fraction of sp³-hybridized carbons (Fsp3) is 0.889. The van der Waals surface area contributed by atoms with Crippen molar-refractivity contribution in [2.24, 2.45) is 0 Å². The summed E-state index contributed by atoms with van der Waals surface area (Å²) < 4.78 is 189. The molecule has 0 heterocycles. The third-order valence-electron chi connectivity index (χ3n) is 12.6. The van der Waals surface area contributed by atoms with Crippen LogP contribution in [-0.2, 0) is 28.8 Å². The number of hydrogen-bond donors (Lipinski definition) is 8. The highest BCUT2D eigenvalue weighted by Gasteiger charge is 2.32. The molecular formula is C54H98F18N6O14. The number of unbranched alkanes of at least 4 members (excludes halogenated alkanes) is 23. The van der Waals surface area contributed by atoms with E-state index in [-0.39, 0.29) is 13.2 Å². The molecule has 0 bridgehead atoms. The molecule has 0 radical (unpaired) electrons. The average Bonchev–Trinajstić information content (AvgIpc) is 3.39. The van der Waals surface area contributed by atoms with Crippen LogP contribution in [0.3, 0.4) is 0 Å². The summed E-state index contributed by atoms with van der Waals surface area (Å²) in [5.41, 5.74) is 8.51. The number of halogens is 18. The Labute approximate surface area is 524 Å². The van der Waals surface area contributed by atoms with Gasteiger partial charge < -0.3 is 102 Å². The number of quaternary nitrogens is 6. The number of carbonyl (C=O) groups excluding carboxylic acids is 6. The second kappa shape index (κ2) is 61.1. The van der Waals surface area contributed by atoms with Gasteiger partial charge in [0, 0.05) is 12.8 Å². The summed E-state index contributed by atoms with van der Waals surface area (Å²) in [6.07, 6.45) is 5.25. The van der Waals surface area contributed by atoms with E-state index in [1.165, 1.54) is 206 Å². The highest BCUT2D eigenvalue weighted by atomic mass is 19.4. The molecule has 554 valence electrons. The highest BCUT2D eigenvalue weighted by Crippen LogP contribution is 2.16. The van der Waals surface area contributed by atoms with E-state index in [1.807, 2.05) is 0 Å². The van der Waals surface area contributed by atoms with Crippen LogP contribution in [0, 0.1) is 0 Å². The Morgan fingerprint density at radius 3 is 0.598 bits per heavy atom. The number of aliphatic hydroxyl groups excluding tert-OH is 2. The zero-order valence-corrected chi connectivity index (χ0v) is 52.2. The Bertz CT molecular complexity index is 1550. The maximum absolute atomic E-state index is 10.5. The zero-order valence-electron chi connectivity index (χ0n) is 52.2. The standard InChI is InChI=1S/C42H92N6O2.6C2HF3O2/c1-3-5-7-9-11-13-15-17-19-21-23-25-31-47(39-41(37-43)45-29-35-49)33-27-28-34-48(40-42(38-44)46-30-36-50)32-26-24-22-20-18-16-14-12-10-8-6-4-2;6*3-2(4,5)1(6)7/h41-42,45-46,49-50H,3-40,43-44H2,1-2H3;6*(H,6,7). The highest BCUT2D eigenvalue weighted by molar-refractivity contribution is 5.72. The van der Waals surface area contributed by atoms with E-state index in [2.05, 4.69) is 35.9 Å². The first-order valence-corrected chi connectivity index (χ1v) is 30.1. The Kier molecular flexibility index (Phi) is 67.0. The number of aliphatic hydroxyl groups is 2. The Balaban J connectivity index is -0.000000270. The molecule has 0 saturated heterocycles. The third-order valence-corrected chi connectivity index (χ3v) is 12.6. The number of rotatable bonds is 43. The minimum absolute atomic E-state index is 0.256. The van der Waals surface area contributed by atoms with Crippen LogP contribution in [0.2, 0.25) is 0 Å². The van der Waals surface area contributed by atoms with Crippen LogP contribution in [0.1, 0.15) is 181 Å². The fourth-order valence-corrected chi connectivity index (χ4v) is 7.81. The van der Waals surface area contributed by atoms with Gasteiger partial charge in [-0.25, -0.2) is 0 Å². The molecule has 0 spiro atoms. The molecule has 0 aliphatic heterocycles. The van der Waals surface area contributed by atoms with Crippen LogP contribution in [0.4, 0.5) is 79.0 Å². The SMILES string of the molecule is CCCCCCCCCCCCCC[NH+](CCCC[NH+](CCCCCCCCCCCCCC)CC(C[NH3+])[NH2+]CCO)CC(C[NH3+])[NH2+]CCO.O=C([O-])C(F)(F)F.O=C([O-])C(F)(F)F.O=C([O-])C(F)(F)F.O=C([O-])C(F)(F)F.O=C([O-])C(F)(F)F.O=C([O-])C(F)(F)F. The van der Waals surface area contributed by atoms with E-state index < -0.39 is 72.9 Å². The summed E-state index contributed by atoms with van der Waals surface area (Å²) in [6, 6.07) is 1.03. The lowest BCUT2D eigenvalue weighted by Gasteiger charge is -2.24. The monoisotopic (exact) mass is 1400 g/mol. The quantitative estimate of drug-likeness (QED) is 0.0224. The molecule has 0 fully saturated rings. The van der Waals surface area contributed by atoms with Crippen LogP contribution in [-0.4, -0.2) is 174 Å². The first-order chi connectivity index (χ1) is 42.3. The Morgan fingerprint density at radius 1 is 0.326 bits per heavy atom. The summed E-state index contributed by atoms with van der Waals surface area (Å²) in [4.78, 5) is 56.2. The van der Waals surface area contributed by atoms with Gasteiger partial charge >= 0.3 is 37.1 Å². The third kappa shape index (κ3) is 81.3. The summed E-state index contributed by atoms with van der Waals surface area (Å²) in [6.45, 7) is 16.0. The van der Waals surface area contributed by atoms with Gasteiger partial charge in [-0.2, -0.15) is 79.0 Å². The van der Waals surface area contributed by atoms with E-state index in [9.17, 15) is 89.2 Å². The number of hydrogen-bond acceptors (Lipinski definition) is 14. The molecule has 4 atom stereocenters. The van der Waals surface area contributed by atoms with Gasteiger partial charge in [0.25, 0.3) is 0 Å². The van der Waals surface area contributed by atoms with Crippen molar-refractivity contribution < 1.29 is 181 Å². The van der Waals surface area contributed by atoms with Gasteiger partial charge in [-0.3, -0.25) is 0 Å². The number of nitrogens with two attached hydrogens (primary N) is 2. The van der Waals surface area contributed by atoms with Gasteiger partial charge in [0.05, 0.1) is 52.5 Å². The molecule has 0 aliphatic carbocycles. The van der Waals surface area contributed by atoms with Crippen LogP contribution >= 0.6 is 0 Å². The van der Waals surface area contributed by atoms with Crippen molar-refractivity contribution in [1.29, 1.82) is 0 Å². The van der Waals surface area contributed by atoms with Crippen molar-refractivity contribution in [3.05, 3.63) is 0 Å². The van der Waals surface area contributed by atoms with Gasteiger partial charge in [-0.15, -0.1) is 0 Å². The maximum atomic E-state index is 10.5. The van der Waals surface area contributed by atoms with Gasteiger partial charge in [0.1, 0.15) is 62.0 Å². The lowest BCUT2D eigenvalue weighted by molar-refractivity contribution is -0.927. The number of alkyl halides is 18. The molecule has 0 aromatic heterocycles. The van der Waals surface area contributed by atoms with Gasteiger partial charge in [0.2, 0.25) is 0 Å². The lowest BCUT2D eigenvalue weighted by Crippen LogP contribution is -3.17. The van der Waals surface area contributed by atoms with Crippen LogP contribution in [0.5, 0.6) is 0 Å². The molecule has 92 heavy (non-hydrogen) atoms. The molecule has 0 aliphatic rings. The van der Waals surface area contributed by atoms with E-state index in [0.29, 0.717) is 12.1 Å². The number of carboxylic acids is 6. The van der Waals surface area contributed by atoms with Crippen LogP contribution in [0.25, 0.3) is 0 Å². The van der Waals surface area contributed by atoms with Gasteiger partial charge in [-0.05, 0) is 25.7 Å². The minimum atomic E-state index is -5.19. The molecular weight excluding hydrogens is 1300 g/mol. The topological polar surface area (TPSA) is 379 Å². The summed E-state index contributed by atoms with van der Waals surface area (Å²) >= 11 is 0. The van der Waals surface area contributed by atoms with Crippen molar-refractivity contribution in [3.63, 3.8) is 0 Å². The van der Waals surface area contributed by atoms with Crippen LogP contribution in [0.15, 0.2) is 0 Å². The normalized spacial score (nSPS) is 12.9. The molecule has 20 nitrogen and oxygen atoms in total. The smallest absolute Gasteiger partial charge is 0.430 e. The second-order valence-corrected chi connectivity index (χ2v) is 20.7. The minimum Gasteiger partial charge on any atom is -0.542 e. The van der Waals surface area contributed by atoms with Crippen molar-refractivity contribution >= 4 is 35.8 Å². The van der Waals surface area contributed by atoms with E-state index in [0.717, 1.165) is 26.2 Å².